The second-order valence-corrected chi connectivity index (χ2v) is 7.75. The van der Waals surface area contributed by atoms with E-state index in [2.05, 4.69) is 37.4 Å². The molecule has 24 heavy (non-hydrogen) atoms. The Morgan fingerprint density at radius 1 is 1.29 bits per heavy atom. The lowest BCUT2D eigenvalue weighted by molar-refractivity contribution is -0.147. The molecule has 0 aromatic heterocycles. The molecule has 1 aromatic carbocycles. The molecule has 0 bridgehead atoms. The first-order valence-corrected chi connectivity index (χ1v) is 8.69. The summed E-state index contributed by atoms with van der Waals surface area (Å²) < 4.78 is 0. The first-order chi connectivity index (χ1) is 11.3. The van der Waals surface area contributed by atoms with Crippen molar-refractivity contribution in [1.82, 2.24) is 10.2 Å². The number of amides is 2. The smallest absolute Gasteiger partial charge is 0.317 e. The number of nitrogens with zero attached hydrogens (tertiary/aromatic N) is 1. The van der Waals surface area contributed by atoms with Gasteiger partial charge in [-0.25, -0.2) is 4.79 Å². The van der Waals surface area contributed by atoms with Gasteiger partial charge in [-0.05, 0) is 42.7 Å². The maximum Gasteiger partial charge on any atom is 0.317 e. The van der Waals surface area contributed by atoms with Crippen molar-refractivity contribution in [3.63, 3.8) is 0 Å². The van der Waals surface area contributed by atoms with E-state index in [1.54, 1.807) is 11.8 Å². The SMILES string of the molecule is CC(C)[C@H]1C[C@@H](NC(=O)N2CCC(C)(C(=O)O)C2)c2ccccc21. The van der Waals surface area contributed by atoms with Crippen LogP contribution in [0.1, 0.15) is 56.7 Å². The minimum atomic E-state index is -0.830. The molecule has 1 aliphatic heterocycles. The van der Waals surface area contributed by atoms with Crippen molar-refractivity contribution in [2.24, 2.45) is 11.3 Å². The zero-order chi connectivity index (χ0) is 17.5. The highest BCUT2D eigenvalue weighted by Crippen LogP contribution is 2.44. The number of aliphatic carboxylic acids is 1. The number of nitrogens with one attached hydrogen (secondary N) is 1. The van der Waals surface area contributed by atoms with E-state index < -0.39 is 11.4 Å². The highest BCUT2D eigenvalue weighted by Gasteiger charge is 2.43. The van der Waals surface area contributed by atoms with Crippen LogP contribution in [0.3, 0.4) is 0 Å². The largest absolute Gasteiger partial charge is 0.481 e. The van der Waals surface area contributed by atoms with Gasteiger partial charge < -0.3 is 15.3 Å². The Bertz CT molecular complexity index is 658. The zero-order valence-corrected chi connectivity index (χ0v) is 14.6. The number of benzene rings is 1. The van der Waals surface area contributed by atoms with Gasteiger partial charge in [0.1, 0.15) is 0 Å². The minimum absolute atomic E-state index is 0.0118. The summed E-state index contributed by atoms with van der Waals surface area (Å²) in [5.41, 5.74) is 1.70. The summed E-state index contributed by atoms with van der Waals surface area (Å²) in [6.07, 6.45) is 1.42. The molecule has 0 radical (unpaired) electrons. The number of rotatable bonds is 3. The van der Waals surface area contributed by atoms with Crippen molar-refractivity contribution in [3.8, 4) is 0 Å². The monoisotopic (exact) mass is 330 g/mol. The van der Waals surface area contributed by atoms with E-state index in [0.29, 0.717) is 24.8 Å². The normalized spacial score (nSPS) is 28.9. The van der Waals surface area contributed by atoms with Crippen LogP contribution in [0, 0.1) is 11.3 Å². The second kappa shape index (κ2) is 6.11. The molecular weight excluding hydrogens is 304 g/mol. The number of carbonyl (C=O) groups is 2. The molecule has 2 aliphatic rings. The van der Waals surface area contributed by atoms with Gasteiger partial charge in [0.2, 0.25) is 0 Å². The summed E-state index contributed by atoms with van der Waals surface area (Å²) in [6.45, 7) is 6.91. The van der Waals surface area contributed by atoms with Crippen molar-refractivity contribution < 1.29 is 14.7 Å². The third-order valence-corrected chi connectivity index (χ3v) is 5.64. The van der Waals surface area contributed by atoms with Crippen LogP contribution < -0.4 is 5.32 Å². The first kappa shape index (κ1) is 16.8. The van der Waals surface area contributed by atoms with Crippen LogP contribution in [-0.4, -0.2) is 35.1 Å². The standard InChI is InChI=1S/C19H26N2O3/c1-12(2)15-10-16(14-7-5-4-6-13(14)15)20-18(24)21-9-8-19(3,11-21)17(22)23/h4-7,12,15-16H,8-11H2,1-3H3,(H,20,24)(H,22,23)/t15-,16-,19?/m1/s1. The fraction of sp³-hybridized carbons (Fsp3) is 0.579. The Morgan fingerprint density at radius 3 is 2.54 bits per heavy atom. The first-order valence-electron chi connectivity index (χ1n) is 8.69. The van der Waals surface area contributed by atoms with E-state index in [0.717, 1.165) is 6.42 Å². The van der Waals surface area contributed by atoms with Crippen LogP contribution in [0.5, 0.6) is 0 Å². The molecule has 2 N–H and O–H groups in total. The fourth-order valence-corrected chi connectivity index (χ4v) is 3.99. The number of carbonyl (C=O) groups excluding carboxylic acids is 1. The van der Waals surface area contributed by atoms with Gasteiger partial charge in [0.15, 0.2) is 0 Å². The van der Waals surface area contributed by atoms with Gasteiger partial charge in [0.25, 0.3) is 0 Å². The van der Waals surface area contributed by atoms with Gasteiger partial charge in [0, 0.05) is 13.1 Å². The van der Waals surface area contributed by atoms with Gasteiger partial charge in [-0.3, -0.25) is 4.79 Å². The lowest BCUT2D eigenvalue weighted by Crippen LogP contribution is -2.42. The van der Waals surface area contributed by atoms with Gasteiger partial charge in [0.05, 0.1) is 11.5 Å². The highest BCUT2D eigenvalue weighted by atomic mass is 16.4. The maximum atomic E-state index is 12.6. The molecular formula is C19H26N2O3. The fourth-order valence-electron chi connectivity index (χ4n) is 3.99. The van der Waals surface area contributed by atoms with Crippen molar-refractivity contribution in [1.29, 1.82) is 0 Å². The van der Waals surface area contributed by atoms with E-state index in [1.165, 1.54) is 11.1 Å². The number of fused-ring (bicyclic) bond motifs is 1. The summed E-state index contributed by atoms with van der Waals surface area (Å²) in [5, 5.41) is 12.5. The highest BCUT2D eigenvalue weighted by molar-refractivity contribution is 5.79. The predicted molar refractivity (Wildman–Crippen MR) is 91.8 cm³/mol. The Labute approximate surface area is 143 Å². The molecule has 5 heteroatoms. The van der Waals surface area contributed by atoms with Crippen LogP contribution in [0.25, 0.3) is 0 Å². The number of urea groups is 1. The van der Waals surface area contributed by atoms with Crippen LogP contribution >= 0.6 is 0 Å². The lowest BCUT2D eigenvalue weighted by atomic mass is 9.90. The average Bonchev–Trinajstić information content (AvgIpc) is 3.10. The van der Waals surface area contributed by atoms with Crippen molar-refractivity contribution >= 4 is 12.0 Å². The Hall–Kier alpha value is -2.04. The molecule has 1 aromatic rings. The molecule has 0 saturated carbocycles. The number of carboxylic acids is 1. The van der Waals surface area contributed by atoms with Crippen LogP contribution in [0.4, 0.5) is 4.79 Å². The summed E-state index contributed by atoms with van der Waals surface area (Å²) in [5.74, 6) is 0.147. The number of carboxylic acid groups (broad SMARTS) is 1. The van der Waals surface area contributed by atoms with E-state index >= 15 is 0 Å². The quantitative estimate of drug-likeness (QED) is 0.892. The summed E-state index contributed by atoms with van der Waals surface area (Å²) in [4.78, 5) is 25.6. The van der Waals surface area contributed by atoms with Crippen LogP contribution in [-0.2, 0) is 4.79 Å². The van der Waals surface area contributed by atoms with Gasteiger partial charge >= 0.3 is 12.0 Å². The third kappa shape index (κ3) is 2.87. The Kier molecular flexibility index (Phi) is 4.28. The van der Waals surface area contributed by atoms with E-state index in [-0.39, 0.29) is 18.6 Å². The molecule has 1 saturated heterocycles. The predicted octanol–water partition coefficient (Wildman–Crippen LogP) is 3.38. The molecule has 2 amide bonds. The molecule has 1 fully saturated rings. The average molecular weight is 330 g/mol. The molecule has 3 rings (SSSR count). The van der Waals surface area contributed by atoms with Crippen molar-refractivity contribution in [2.45, 2.75) is 45.6 Å². The molecule has 0 spiro atoms. The third-order valence-electron chi connectivity index (χ3n) is 5.64. The van der Waals surface area contributed by atoms with E-state index in [1.807, 2.05) is 6.07 Å². The topological polar surface area (TPSA) is 69.6 Å². The molecule has 1 unspecified atom stereocenters. The summed E-state index contributed by atoms with van der Waals surface area (Å²) in [7, 11) is 0. The summed E-state index contributed by atoms with van der Waals surface area (Å²) >= 11 is 0. The van der Waals surface area contributed by atoms with Crippen LogP contribution in [0.15, 0.2) is 24.3 Å². The number of hydrogen-bond donors (Lipinski definition) is 2. The Morgan fingerprint density at radius 2 is 1.96 bits per heavy atom. The maximum absolute atomic E-state index is 12.6. The van der Waals surface area contributed by atoms with Gasteiger partial charge in [-0.2, -0.15) is 0 Å². The van der Waals surface area contributed by atoms with Crippen LogP contribution in [0.2, 0.25) is 0 Å². The van der Waals surface area contributed by atoms with E-state index in [9.17, 15) is 14.7 Å². The molecule has 3 atom stereocenters. The molecule has 130 valence electrons. The molecule has 1 aliphatic carbocycles. The van der Waals surface area contributed by atoms with E-state index in [4.69, 9.17) is 0 Å². The Balaban J connectivity index is 1.71. The molecule has 1 heterocycles. The lowest BCUT2D eigenvalue weighted by Gasteiger charge is -2.23. The second-order valence-electron chi connectivity index (χ2n) is 7.75. The number of hydrogen-bond acceptors (Lipinski definition) is 2. The zero-order valence-electron chi connectivity index (χ0n) is 14.6. The van der Waals surface area contributed by atoms with Gasteiger partial charge in [-0.1, -0.05) is 38.1 Å². The van der Waals surface area contributed by atoms with Crippen molar-refractivity contribution in [2.75, 3.05) is 13.1 Å². The van der Waals surface area contributed by atoms with Gasteiger partial charge in [-0.15, -0.1) is 0 Å². The minimum Gasteiger partial charge on any atom is -0.481 e. The summed E-state index contributed by atoms with van der Waals surface area (Å²) in [6, 6.07) is 8.18. The molecule has 5 nitrogen and oxygen atoms in total. The van der Waals surface area contributed by atoms with Crippen molar-refractivity contribution in [3.05, 3.63) is 35.4 Å². The number of likely N-dealkylation sites (tertiary alicyclic amines) is 1.